The predicted molar refractivity (Wildman–Crippen MR) is 57.7 cm³/mol. The largest absolute Gasteiger partial charge is 0.354 e. The molecule has 1 N–H and O–H groups in total. The molecule has 74 valence electrons. The molecule has 0 aliphatic rings. The van der Waals surface area contributed by atoms with Gasteiger partial charge in [0.2, 0.25) is 5.13 Å². The molecular weight excluding hydrogens is 206 g/mol. The lowest BCUT2D eigenvalue weighted by Crippen LogP contribution is -2.35. The van der Waals surface area contributed by atoms with E-state index in [0.717, 1.165) is 16.6 Å². The smallest absolute Gasteiger partial charge is 0.206 e. The van der Waals surface area contributed by atoms with E-state index in [1.807, 2.05) is 6.92 Å². The van der Waals surface area contributed by atoms with Crippen LogP contribution in [-0.4, -0.2) is 21.6 Å². The van der Waals surface area contributed by atoms with Crippen molar-refractivity contribution in [2.45, 2.75) is 32.7 Å². The quantitative estimate of drug-likeness (QED) is 0.792. The summed E-state index contributed by atoms with van der Waals surface area (Å²) in [5.74, 6) is 0.572. The fourth-order valence-electron chi connectivity index (χ4n) is 0.822. The van der Waals surface area contributed by atoms with Gasteiger partial charge >= 0.3 is 0 Å². The molecule has 0 saturated carbocycles. The topological polar surface area (TPSA) is 37.8 Å². The van der Waals surface area contributed by atoms with Crippen molar-refractivity contribution in [1.29, 1.82) is 0 Å². The van der Waals surface area contributed by atoms with E-state index < -0.39 is 0 Å². The molecule has 0 aliphatic heterocycles. The molecule has 3 nitrogen and oxygen atoms in total. The molecule has 0 bridgehead atoms. The van der Waals surface area contributed by atoms with Crippen molar-refractivity contribution in [2.75, 3.05) is 11.2 Å². The van der Waals surface area contributed by atoms with Crippen molar-refractivity contribution in [3.05, 3.63) is 5.01 Å². The van der Waals surface area contributed by atoms with E-state index in [1.165, 1.54) is 0 Å². The van der Waals surface area contributed by atoms with Crippen LogP contribution in [0.2, 0.25) is 0 Å². The maximum absolute atomic E-state index is 5.86. The lowest BCUT2D eigenvalue weighted by atomic mass is 10.0. The minimum Gasteiger partial charge on any atom is -0.354 e. The van der Waals surface area contributed by atoms with E-state index in [0.29, 0.717) is 5.88 Å². The number of hydrogen-bond acceptors (Lipinski definition) is 4. The number of aryl methyl sites for hydroxylation is 1. The van der Waals surface area contributed by atoms with Crippen molar-refractivity contribution < 1.29 is 0 Å². The second-order valence-corrected chi connectivity index (χ2v) is 4.75. The third kappa shape index (κ3) is 2.81. The van der Waals surface area contributed by atoms with Gasteiger partial charge in [-0.15, -0.1) is 21.8 Å². The summed E-state index contributed by atoms with van der Waals surface area (Å²) >= 11 is 7.41. The zero-order valence-electron chi connectivity index (χ0n) is 8.09. The summed E-state index contributed by atoms with van der Waals surface area (Å²) in [6.07, 6.45) is 0.967. The first-order valence-corrected chi connectivity index (χ1v) is 5.59. The highest BCUT2D eigenvalue weighted by Gasteiger charge is 2.21. The van der Waals surface area contributed by atoms with Crippen LogP contribution in [0.25, 0.3) is 0 Å². The molecule has 0 spiro atoms. The number of aromatic nitrogens is 2. The Morgan fingerprint density at radius 3 is 2.62 bits per heavy atom. The number of anilines is 1. The fourth-order valence-corrected chi connectivity index (χ4v) is 1.82. The highest BCUT2D eigenvalue weighted by atomic mass is 35.5. The maximum atomic E-state index is 5.86. The average Bonchev–Trinajstić information content (AvgIpc) is 2.51. The Labute approximate surface area is 87.5 Å². The molecule has 0 fully saturated rings. The molecule has 1 unspecified atom stereocenters. The SMILES string of the molecule is CCC(C)(CCl)Nc1nnc(C)s1. The van der Waals surface area contributed by atoms with Gasteiger partial charge in [0.25, 0.3) is 0 Å². The lowest BCUT2D eigenvalue weighted by Gasteiger charge is -2.26. The first-order valence-electron chi connectivity index (χ1n) is 4.24. The van der Waals surface area contributed by atoms with Crippen molar-refractivity contribution in [3.8, 4) is 0 Å². The summed E-state index contributed by atoms with van der Waals surface area (Å²) in [6.45, 7) is 6.12. The molecule has 1 atom stereocenters. The van der Waals surface area contributed by atoms with Crippen LogP contribution in [0.3, 0.4) is 0 Å². The Balaban J connectivity index is 2.67. The monoisotopic (exact) mass is 219 g/mol. The van der Waals surface area contributed by atoms with E-state index in [9.17, 15) is 0 Å². The first-order chi connectivity index (χ1) is 6.09. The van der Waals surface area contributed by atoms with E-state index in [2.05, 4.69) is 29.4 Å². The molecule has 1 heterocycles. The van der Waals surface area contributed by atoms with Crippen LogP contribution < -0.4 is 5.32 Å². The number of nitrogens with one attached hydrogen (secondary N) is 1. The predicted octanol–water partition coefficient (Wildman–Crippen LogP) is 2.67. The molecule has 1 aromatic rings. The third-order valence-electron chi connectivity index (χ3n) is 2.01. The van der Waals surface area contributed by atoms with Gasteiger partial charge in [0.15, 0.2) is 0 Å². The average molecular weight is 220 g/mol. The van der Waals surface area contributed by atoms with E-state index in [1.54, 1.807) is 11.3 Å². The maximum Gasteiger partial charge on any atom is 0.206 e. The van der Waals surface area contributed by atoms with Crippen LogP contribution in [-0.2, 0) is 0 Å². The minimum absolute atomic E-state index is 0.0759. The van der Waals surface area contributed by atoms with Crippen LogP contribution in [0.4, 0.5) is 5.13 Å². The number of halogens is 1. The first kappa shape index (κ1) is 10.7. The normalized spacial score (nSPS) is 15.4. The summed E-state index contributed by atoms with van der Waals surface area (Å²) in [7, 11) is 0. The Morgan fingerprint density at radius 2 is 2.23 bits per heavy atom. The highest BCUT2D eigenvalue weighted by molar-refractivity contribution is 7.15. The Morgan fingerprint density at radius 1 is 1.54 bits per heavy atom. The third-order valence-corrected chi connectivity index (χ3v) is 3.35. The molecule has 5 heteroatoms. The molecule has 1 aromatic heterocycles. The van der Waals surface area contributed by atoms with E-state index in [4.69, 9.17) is 11.6 Å². The van der Waals surface area contributed by atoms with Crippen molar-refractivity contribution in [2.24, 2.45) is 0 Å². The standard InChI is InChI=1S/C8H14ClN3S/c1-4-8(3,5-9)10-7-12-11-6(2)13-7/h4-5H2,1-3H3,(H,10,12). The molecule has 0 amide bonds. The van der Waals surface area contributed by atoms with Gasteiger partial charge < -0.3 is 5.32 Å². The number of alkyl halides is 1. The fraction of sp³-hybridized carbons (Fsp3) is 0.750. The van der Waals surface area contributed by atoms with E-state index >= 15 is 0 Å². The summed E-state index contributed by atoms with van der Waals surface area (Å²) in [5.41, 5.74) is -0.0759. The molecule has 1 rings (SSSR count). The van der Waals surface area contributed by atoms with Gasteiger partial charge in [0.05, 0.1) is 5.54 Å². The molecule has 0 saturated heterocycles. The molecule has 13 heavy (non-hydrogen) atoms. The van der Waals surface area contributed by atoms with Gasteiger partial charge in [0.1, 0.15) is 5.01 Å². The Bertz CT molecular complexity index is 270. The minimum atomic E-state index is -0.0759. The van der Waals surface area contributed by atoms with Crippen molar-refractivity contribution >= 4 is 28.1 Å². The van der Waals surface area contributed by atoms with E-state index in [-0.39, 0.29) is 5.54 Å². The highest BCUT2D eigenvalue weighted by Crippen LogP contribution is 2.22. The second kappa shape index (κ2) is 4.24. The summed E-state index contributed by atoms with van der Waals surface area (Å²) < 4.78 is 0. The Kier molecular flexibility index (Phi) is 3.50. The molecule has 0 radical (unpaired) electrons. The molecule has 0 aromatic carbocycles. The van der Waals surface area contributed by atoms with Crippen LogP contribution >= 0.6 is 22.9 Å². The number of nitrogens with zero attached hydrogens (tertiary/aromatic N) is 2. The number of rotatable bonds is 4. The lowest BCUT2D eigenvalue weighted by molar-refractivity contribution is 0.552. The summed E-state index contributed by atoms with van der Waals surface area (Å²) in [5, 5.41) is 13.0. The zero-order chi connectivity index (χ0) is 9.90. The summed E-state index contributed by atoms with van der Waals surface area (Å²) in [4.78, 5) is 0. The molecule has 0 aliphatic carbocycles. The van der Waals surface area contributed by atoms with Gasteiger partial charge in [-0.3, -0.25) is 0 Å². The Hall–Kier alpha value is -0.350. The van der Waals surface area contributed by atoms with Crippen LogP contribution in [0.5, 0.6) is 0 Å². The second-order valence-electron chi connectivity index (χ2n) is 3.30. The van der Waals surface area contributed by atoms with Gasteiger partial charge in [-0.05, 0) is 20.3 Å². The number of hydrogen-bond donors (Lipinski definition) is 1. The van der Waals surface area contributed by atoms with Crippen LogP contribution in [0.15, 0.2) is 0 Å². The van der Waals surface area contributed by atoms with Crippen molar-refractivity contribution in [1.82, 2.24) is 10.2 Å². The molecular formula is C8H14ClN3S. The van der Waals surface area contributed by atoms with Gasteiger partial charge in [-0.25, -0.2) is 0 Å². The van der Waals surface area contributed by atoms with Crippen LogP contribution in [0, 0.1) is 6.92 Å². The van der Waals surface area contributed by atoms with Crippen molar-refractivity contribution in [3.63, 3.8) is 0 Å². The van der Waals surface area contributed by atoms with Gasteiger partial charge in [-0.1, -0.05) is 18.3 Å². The van der Waals surface area contributed by atoms with Gasteiger partial charge in [0, 0.05) is 5.88 Å². The summed E-state index contributed by atoms with van der Waals surface area (Å²) in [6, 6.07) is 0. The van der Waals surface area contributed by atoms with Crippen LogP contribution in [0.1, 0.15) is 25.3 Å². The van der Waals surface area contributed by atoms with Gasteiger partial charge in [-0.2, -0.15) is 0 Å². The zero-order valence-corrected chi connectivity index (χ0v) is 9.67.